The van der Waals surface area contributed by atoms with E-state index in [-0.39, 0.29) is 67.8 Å². The van der Waals surface area contributed by atoms with Gasteiger partial charge in [0.15, 0.2) is 60.1 Å². The van der Waals surface area contributed by atoms with E-state index in [1.165, 1.54) is 0 Å². The summed E-state index contributed by atoms with van der Waals surface area (Å²) in [6.45, 7) is 0. The molecule has 0 aromatic heterocycles. The van der Waals surface area contributed by atoms with Crippen LogP contribution in [0.3, 0.4) is 0 Å². The van der Waals surface area contributed by atoms with Crippen LogP contribution in [-0.4, -0.2) is 83.6 Å². The summed E-state index contributed by atoms with van der Waals surface area (Å²) >= 11 is 0. The summed E-state index contributed by atoms with van der Waals surface area (Å²) < 4.78 is 328. The van der Waals surface area contributed by atoms with Gasteiger partial charge in [0.05, 0.1) is 0 Å². The van der Waals surface area contributed by atoms with Crippen LogP contribution in [-0.2, 0) is 87.5 Å². The van der Waals surface area contributed by atoms with E-state index >= 15 is 0 Å². The number of alkyl halides is 18. The molecular formula is C6H15F18N3O17S6Sm+5. The Balaban J connectivity index is -0.0000000700. The number of halogens is 18. The molecule has 0 spiro atoms. The van der Waals surface area contributed by atoms with Gasteiger partial charge in [0.2, 0.25) is 0 Å². The maximum absolute atomic E-state index is 11.4. The van der Waals surface area contributed by atoms with Crippen LogP contribution >= 0.6 is 0 Å². The first-order valence-electron chi connectivity index (χ1n) is 7.72. The first kappa shape index (κ1) is 71.8. The first-order chi connectivity index (χ1) is 18.6. The van der Waals surface area contributed by atoms with Crippen molar-refractivity contribution in [1.29, 1.82) is 0 Å². The number of hydrogen-bond acceptors (Lipinski definition) is 12. The van der Waals surface area contributed by atoms with Gasteiger partial charge < -0.3 is 39.8 Å². The molecule has 0 amide bonds. The Morgan fingerprint density at radius 3 is 0.333 bits per heavy atom. The number of nitrogens with zero attached hydrogens (tertiary/aromatic N) is 3. The van der Waals surface area contributed by atoms with Gasteiger partial charge in [-0.2, -0.15) is 79.0 Å². The largest absolute Gasteiger partial charge is 3.00 e. The predicted octanol–water partition coefficient (Wildman–Crippen LogP) is -1.43. The van der Waals surface area contributed by atoms with E-state index < -0.39 is 93.2 Å². The van der Waals surface area contributed by atoms with Crippen LogP contribution in [0.1, 0.15) is 0 Å². The van der Waals surface area contributed by atoms with Gasteiger partial charge >= 0.3 is 73.4 Å². The summed E-state index contributed by atoms with van der Waals surface area (Å²) in [4.78, 5) is 0. The minimum Gasteiger partial charge on any atom is -0.457 e. The van der Waals surface area contributed by atoms with Crippen LogP contribution in [0.15, 0.2) is 0 Å². The van der Waals surface area contributed by atoms with Gasteiger partial charge in [-0.25, -0.2) is 50.5 Å². The Morgan fingerprint density at radius 2 is 0.294 bits per heavy atom. The zero-order valence-corrected chi connectivity index (χ0v) is 29.3. The summed E-state index contributed by atoms with van der Waals surface area (Å²) in [5, 5.41) is 0. The molecule has 0 aromatic carbocycles. The van der Waals surface area contributed by atoms with Crippen LogP contribution in [0.5, 0.6) is 0 Å². The molecule has 0 fully saturated rings. The molecule has 1 radical (unpaired) electrons. The fourth-order valence-electron chi connectivity index (χ4n) is 0.641. The van der Waals surface area contributed by atoms with Crippen molar-refractivity contribution in [2.24, 2.45) is 0 Å². The van der Waals surface area contributed by atoms with Crippen molar-refractivity contribution >= 4 is 60.1 Å². The molecule has 0 unspecified atom stereocenters. The van der Waals surface area contributed by atoms with Gasteiger partial charge in [-0.05, 0) is 0 Å². The second kappa shape index (κ2) is 20.9. The molecule has 0 aliphatic heterocycles. The quantitative estimate of drug-likeness (QED) is 0.218. The third-order valence-electron chi connectivity index (χ3n) is 2.34. The Labute approximate surface area is 301 Å². The summed E-state index contributed by atoms with van der Waals surface area (Å²) in [5.41, 5.74) is -37.2. The Kier molecular flexibility index (Phi) is 29.5. The Bertz CT molecular complexity index is 1370. The average Bonchev–Trinajstić information content (AvgIpc) is 2.61. The molecule has 0 saturated carbocycles. The maximum atomic E-state index is 11.4. The number of hydrogen-bond donors (Lipinski definition) is 0. The summed E-state index contributed by atoms with van der Waals surface area (Å²) in [6.07, 6.45) is 0. The zero-order chi connectivity index (χ0) is 38.1. The Hall–Kier alpha value is -0.542. The summed E-state index contributed by atoms with van der Waals surface area (Å²) in [5.74, 6) is 0. The van der Waals surface area contributed by atoms with Crippen LogP contribution in [0, 0.1) is 40.4 Å². The topological polar surface area (TPSA) is 412 Å². The van der Waals surface area contributed by atoms with E-state index in [9.17, 15) is 130 Å². The molecule has 319 valence electrons. The molecule has 45 heteroatoms. The SMILES string of the molecule is O=S(=O)([N-]S(=O)(=O)C(F)(F)F)C(F)(F)F.O=S(=O)([N-]S(=O)(=O)C(F)(F)F)C(F)(F)F.O=S(=O)([N-]S(=O)(=O)C(F)(F)F)C(F)(F)F.[OH3+].[OH3+].[OH3+].[OH3+].[OH3+].[Sm+3]. The fourth-order valence-corrected chi connectivity index (χ4v) is 5.77. The molecule has 0 aliphatic carbocycles. The van der Waals surface area contributed by atoms with Crippen molar-refractivity contribution in [2.45, 2.75) is 33.0 Å². The molecule has 51 heavy (non-hydrogen) atoms. The second-order valence-corrected chi connectivity index (χ2v) is 16.0. The van der Waals surface area contributed by atoms with E-state index in [4.69, 9.17) is 0 Å². The Morgan fingerprint density at radius 1 is 0.235 bits per heavy atom. The molecule has 0 aliphatic rings. The molecule has 15 N–H and O–H groups in total. The molecule has 0 bridgehead atoms. The minimum absolute atomic E-state index is 0. The molecule has 0 atom stereocenters. The van der Waals surface area contributed by atoms with Crippen LogP contribution < -0.4 is 0 Å². The number of rotatable bonds is 6. The van der Waals surface area contributed by atoms with Crippen LogP contribution in [0.25, 0.3) is 12.4 Å². The minimum atomic E-state index is -6.72. The molecule has 0 saturated heterocycles. The predicted molar refractivity (Wildman–Crippen MR) is 124 cm³/mol. The number of sulfonamides is 6. The van der Waals surface area contributed by atoms with E-state index in [0.717, 1.165) is 12.4 Å². The van der Waals surface area contributed by atoms with E-state index in [0.29, 0.717) is 0 Å². The third-order valence-corrected chi connectivity index (χ3v) is 10.6. The zero-order valence-electron chi connectivity index (χ0n) is 21.8. The normalized spacial score (nSPS) is 13.5. The van der Waals surface area contributed by atoms with Crippen molar-refractivity contribution in [1.82, 2.24) is 0 Å². The summed E-state index contributed by atoms with van der Waals surface area (Å²) in [7, 11) is -40.3. The van der Waals surface area contributed by atoms with Gasteiger partial charge in [-0.1, -0.05) is 0 Å². The van der Waals surface area contributed by atoms with Crippen LogP contribution in [0.2, 0.25) is 0 Å². The second-order valence-electron chi connectivity index (χ2n) is 5.75. The van der Waals surface area contributed by atoms with E-state index in [1.807, 2.05) is 0 Å². The maximum Gasteiger partial charge on any atom is 3.00 e. The summed E-state index contributed by atoms with van der Waals surface area (Å²) in [6, 6.07) is 0. The van der Waals surface area contributed by atoms with E-state index in [2.05, 4.69) is 0 Å². The van der Waals surface area contributed by atoms with Crippen molar-refractivity contribution in [3.63, 3.8) is 0 Å². The monoisotopic (exact) mass is 1090 g/mol. The third kappa shape index (κ3) is 21.8. The van der Waals surface area contributed by atoms with E-state index in [1.54, 1.807) is 0 Å². The molecule has 20 nitrogen and oxygen atoms in total. The molecular weight excluding hydrogens is 1070 g/mol. The van der Waals surface area contributed by atoms with Gasteiger partial charge in [0.25, 0.3) is 0 Å². The fraction of sp³-hybridized carbons (Fsp3) is 1.00. The first-order valence-corrected chi connectivity index (χ1v) is 16.4. The molecule has 0 heterocycles. The van der Waals surface area contributed by atoms with Crippen molar-refractivity contribution in [2.75, 3.05) is 0 Å². The molecule has 0 aromatic rings. The van der Waals surface area contributed by atoms with Crippen molar-refractivity contribution in [3.05, 3.63) is 12.4 Å². The molecule has 0 rings (SSSR count). The van der Waals surface area contributed by atoms with Gasteiger partial charge in [-0.3, -0.25) is 0 Å². The van der Waals surface area contributed by atoms with Crippen LogP contribution in [0.4, 0.5) is 79.0 Å². The smallest absolute Gasteiger partial charge is 0.457 e. The standard InChI is InChI=1S/3C2F6NO4S2.5H2O.Sm/c3*3-1(4,5)14(10,11)9-15(12,13)2(6,7)8;;;;;;/h;;;5*1H2;/q3*-1;;;;;;+3/p+5. The van der Waals surface area contributed by atoms with Crippen molar-refractivity contribution in [3.8, 4) is 0 Å². The average molecular weight is 1090 g/mol. The van der Waals surface area contributed by atoms with Crippen molar-refractivity contribution < 1.29 is 197 Å². The van der Waals surface area contributed by atoms with Gasteiger partial charge in [0, 0.05) is 0 Å². The van der Waals surface area contributed by atoms with Gasteiger partial charge in [0.1, 0.15) is 0 Å². The van der Waals surface area contributed by atoms with Gasteiger partial charge in [-0.15, -0.1) is 0 Å².